The van der Waals surface area contributed by atoms with Crippen molar-refractivity contribution in [3.63, 3.8) is 0 Å². The second-order valence-corrected chi connectivity index (χ2v) is 8.36. The number of carbonyl (C=O) groups is 3. The fourth-order valence-corrected chi connectivity index (χ4v) is 4.59. The molecule has 2 aliphatic rings. The van der Waals surface area contributed by atoms with Gasteiger partial charge in [0.15, 0.2) is 0 Å². The summed E-state index contributed by atoms with van der Waals surface area (Å²) in [6, 6.07) is 18.7. The lowest BCUT2D eigenvalue weighted by Crippen LogP contribution is -2.42. The minimum atomic E-state index is -1.17. The summed E-state index contributed by atoms with van der Waals surface area (Å²) in [5.41, 5.74) is 2.76. The van der Waals surface area contributed by atoms with Crippen molar-refractivity contribution in [1.82, 2.24) is 10.2 Å². The van der Waals surface area contributed by atoms with E-state index in [1.165, 1.54) is 11.1 Å². The van der Waals surface area contributed by atoms with Crippen LogP contribution in [0, 0.1) is 0 Å². The van der Waals surface area contributed by atoms with Crippen LogP contribution in [0.3, 0.4) is 0 Å². The number of nitrogens with zero attached hydrogens (tertiary/aromatic N) is 1. The number of nitrogens with one attached hydrogen (secondary N) is 2. The first-order valence-corrected chi connectivity index (χ1v) is 10.5. The van der Waals surface area contributed by atoms with Gasteiger partial charge in [-0.25, -0.2) is 4.79 Å². The van der Waals surface area contributed by atoms with E-state index in [9.17, 15) is 14.4 Å². The van der Waals surface area contributed by atoms with Crippen molar-refractivity contribution in [3.05, 3.63) is 77.4 Å². The second-order valence-electron chi connectivity index (χ2n) is 8.36. The molecule has 0 bridgehead atoms. The summed E-state index contributed by atoms with van der Waals surface area (Å²) >= 11 is 0. The Labute approximate surface area is 180 Å². The SMILES string of the molecule is CC1(c2ccc3c(c2)CCC3)NC(=O)N(CC(=O)Nc2cccc3ccccc23)C1=O. The van der Waals surface area contributed by atoms with Gasteiger partial charge in [0, 0.05) is 11.1 Å². The third-order valence-corrected chi connectivity index (χ3v) is 6.32. The molecule has 0 spiro atoms. The van der Waals surface area contributed by atoms with Gasteiger partial charge in [-0.3, -0.25) is 14.5 Å². The third kappa shape index (κ3) is 3.24. The number of imide groups is 1. The Morgan fingerprint density at radius 1 is 1.03 bits per heavy atom. The van der Waals surface area contributed by atoms with Crippen LogP contribution >= 0.6 is 0 Å². The van der Waals surface area contributed by atoms with Gasteiger partial charge in [0.2, 0.25) is 5.91 Å². The molecule has 5 rings (SSSR count). The molecule has 0 aromatic heterocycles. The van der Waals surface area contributed by atoms with E-state index < -0.39 is 23.4 Å². The van der Waals surface area contributed by atoms with Gasteiger partial charge in [-0.1, -0.05) is 54.6 Å². The topological polar surface area (TPSA) is 78.5 Å². The second kappa shape index (κ2) is 7.23. The Balaban J connectivity index is 1.35. The summed E-state index contributed by atoms with van der Waals surface area (Å²) < 4.78 is 0. The predicted molar refractivity (Wildman–Crippen MR) is 119 cm³/mol. The molecule has 0 radical (unpaired) electrons. The van der Waals surface area contributed by atoms with E-state index in [0.717, 1.165) is 40.5 Å². The van der Waals surface area contributed by atoms with Crippen molar-refractivity contribution in [2.45, 2.75) is 31.7 Å². The Bertz CT molecular complexity index is 1230. The molecule has 3 aromatic carbocycles. The summed E-state index contributed by atoms with van der Waals surface area (Å²) in [7, 11) is 0. The van der Waals surface area contributed by atoms with Crippen LogP contribution in [0.1, 0.15) is 30.0 Å². The lowest BCUT2D eigenvalue weighted by atomic mass is 9.89. The number of urea groups is 1. The highest BCUT2D eigenvalue weighted by atomic mass is 16.2. The molecular formula is C25H23N3O3. The lowest BCUT2D eigenvalue weighted by molar-refractivity contribution is -0.133. The van der Waals surface area contributed by atoms with Crippen molar-refractivity contribution in [3.8, 4) is 0 Å². The average molecular weight is 413 g/mol. The van der Waals surface area contributed by atoms with Gasteiger partial charge in [0.25, 0.3) is 5.91 Å². The van der Waals surface area contributed by atoms with E-state index in [0.29, 0.717) is 5.69 Å². The average Bonchev–Trinajstić information content (AvgIpc) is 3.32. The van der Waals surface area contributed by atoms with Gasteiger partial charge in [-0.05, 0) is 54.3 Å². The molecule has 6 nitrogen and oxygen atoms in total. The summed E-state index contributed by atoms with van der Waals surface area (Å²) in [6.45, 7) is 1.36. The fraction of sp³-hybridized carbons (Fsp3) is 0.240. The maximum absolute atomic E-state index is 13.2. The van der Waals surface area contributed by atoms with Crippen molar-refractivity contribution >= 4 is 34.3 Å². The maximum Gasteiger partial charge on any atom is 0.325 e. The van der Waals surface area contributed by atoms with Gasteiger partial charge in [0.05, 0.1) is 0 Å². The van der Waals surface area contributed by atoms with Gasteiger partial charge in [-0.2, -0.15) is 0 Å². The molecule has 1 aliphatic carbocycles. The van der Waals surface area contributed by atoms with E-state index >= 15 is 0 Å². The molecule has 6 heteroatoms. The van der Waals surface area contributed by atoms with E-state index in [2.05, 4.69) is 10.6 Å². The van der Waals surface area contributed by atoms with E-state index in [-0.39, 0.29) is 6.54 Å². The minimum absolute atomic E-state index is 0.339. The van der Waals surface area contributed by atoms with Crippen LogP contribution in [-0.4, -0.2) is 29.3 Å². The zero-order valence-electron chi connectivity index (χ0n) is 17.3. The van der Waals surface area contributed by atoms with Crippen molar-refractivity contribution in [1.29, 1.82) is 0 Å². The normalized spacial score (nSPS) is 20.1. The first-order valence-electron chi connectivity index (χ1n) is 10.5. The summed E-state index contributed by atoms with van der Waals surface area (Å²) in [5.74, 6) is -0.832. The van der Waals surface area contributed by atoms with Crippen molar-refractivity contribution in [2.75, 3.05) is 11.9 Å². The van der Waals surface area contributed by atoms with Gasteiger partial charge >= 0.3 is 6.03 Å². The van der Waals surface area contributed by atoms with E-state index in [1.54, 1.807) is 13.0 Å². The van der Waals surface area contributed by atoms with Gasteiger partial charge in [0.1, 0.15) is 12.1 Å². The van der Waals surface area contributed by atoms with Gasteiger partial charge < -0.3 is 10.6 Å². The van der Waals surface area contributed by atoms with Crippen LogP contribution in [0.25, 0.3) is 10.8 Å². The molecule has 4 amide bonds. The number of benzene rings is 3. The van der Waals surface area contributed by atoms with Crippen LogP contribution in [0.4, 0.5) is 10.5 Å². The summed E-state index contributed by atoms with van der Waals surface area (Å²) in [6.07, 6.45) is 3.14. The minimum Gasteiger partial charge on any atom is -0.324 e. The van der Waals surface area contributed by atoms with Crippen LogP contribution in [-0.2, 0) is 28.0 Å². The fourth-order valence-electron chi connectivity index (χ4n) is 4.59. The molecule has 1 fully saturated rings. The van der Waals surface area contributed by atoms with Crippen LogP contribution in [0.2, 0.25) is 0 Å². The standard InChI is InChI=1S/C25H23N3O3/c1-25(19-13-12-16-7-4-9-18(16)14-19)23(30)28(24(31)27-25)15-22(29)26-21-11-5-8-17-6-2-3-10-20(17)21/h2-3,5-6,8,10-14H,4,7,9,15H2,1H3,(H,26,29)(H,27,31). The highest BCUT2D eigenvalue weighted by molar-refractivity contribution is 6.11. The smallest absolute Gasteiger partial charge is 0.324 e. The zero-order chi connectivity index (χ0) is 21.6. The molecule has 2 N–H and O–H groups in total. The Morgan fingerprint density at radius 2 is 1.81 bits per heavy atom. The van der Waals surface area contributed by atoms with E-state index in [4.69, 9.17) is 0 Å². The molecule has 1 atom stereocenters. The molecule has 1 aliphatic heterocycles. The Kier molecular flexibility index (Phi) is 4.50. The number of hydrogen-bond acceptors (Lipinski definition) is 3. The number of rotatable bonds is 4. The number of anilines is 1. The first-order chi connectivity index (χ1) is 15.0. The summed E-state index contributed by atoms with van der Waals surface area (Å²) in [4.78, 5) is 39.5. The van der Waals surface area contributed by atoms with Crippen LogP contribution in [0.15, 0.2) is 60.7 Å². The molecule has 3 aromatic rings. The quantitative estimate of drug-likeness (QED) is 0.640. The molecule has 31 heavy (non-hydrogen) atoms. The number of carbonyl (C=O) groups excluding carboxylic acids is 3. The zero-order valence-corrected chi connectivity index (χ0v) is 17.3. The Hall–Kier alpha value is -3.67. The molecule has 1 heterocycles. The lowest BCUT2D eigenvalue weighted by Gasteiger charge is -2.23. The third-order valence-electron chi connectivity index (χ3n) is 6.32. The number of hydrogen-bond donors (Lipinski definition) is 2. The summed E-state index contributed by atoms with van der Waals surface area (Å²) in [5, 5.41) is 7.54. The Morgan fingerprint density at radius 3 is 2.68 bits per heavy atom. The highest BCUT2D eigenvalue weighted by Gasteiger charge is 2.49. The van der Waals surface area contributed by atoms with Crippen LogP contribution < -0.4 is 10.6 Å². The molecule has 0 saturated carbocycles. The number of aryl methyl sites for hydroxylation is 2. The number of fused-ring (bicyclic) bond motifs is 2. The number of amides is 4. The van der Waals surface area contributed by atoms with Crippen molar-refractivity contribution < 1.29 is 14.4 Å². The van der Waals surface area contributed by atoms with Gasteiger partial charge in [-0.15, -0.1) is 0 Å². The van der Waals surface area contributed by atoms with E-state index in [1.807, 2.05) is 54.6 Å². The van der Waals surface area contributed by atoms with Crippen molar-refractivity contribution in [2.24, 2.45) is 0 Å². The molecule has 1 unspecified atom stereocenters. The van der Waals surface area contributed by atoms with Crippen LogP contribution in [0.5, 0.6) is 0 Å². The highest BCUT2D eigenvalue weighted by Crippen LogP contribution is 2.32. The predicted octanol–water partition coefficient (Wildman–Crippen LogP) is 3.73. The molecule has 1 saturated heterocycles. The maximum atomic E-state index is 13.2. The first kappa shape index (κ1) is 19.3. The molecule has 156 valence electrons. The largest absolute Gasteiger partial charge is 0.325 e. The monoisotopic (exact) mass is 413 g/mol. The molecular weight excluding hydrogens is 390 g/mol.